The Labute approximate surface area is 130 Å². The van der Waals surface area contributed by atoms with E-state index in [9.17, 15) is 9.59 Å². The Morgan fingerprint density at radius 3 is 2.67 bits per heavy atom. The number of hydrogen-bond acceptors (Lipinski definition) is 4. The van der Waals surface area contributed by atoms with E-state index in [1.165, 1.54) is 30.1 Å². The Kier molecular flexibility index (Phi) is 4.50. The third-order valence-corrected chi connectivity index (χ3v) is 3.18. The maximum absolute atomic E-state index is 12.2. The van der Waals surface area contributed by atoms with Gasteiger partial charge in [0.15, 0.2) is 5.69 Å². The molecule has 110 valence electrons. The number of halogens is 2. The summed E-state index contributed by atoms with van der Waals surface area (Å²) >= 11 is 11.7. The summed E-state index contributed by atoms with van der Waals surface area (Å²) in [5.74, 6) is -1.12. The van der Waals surface area contributed by atoms with Crippen LogP contribution in [-0.2, 0) is 11.8 Å². The second kappa shape index (κ2) is 6.15. The molecule has 1 heterocycles. The number of hydrogen-bond donors (Lipinski definition) is 1. The smallest absolute Gasteiger partial charge is 0.360 e. The first-order valence-electron chi connectivity index (χ1n) is 5.80. The molecule has 0 saturated heterocycles. The van der Waals surface area contributed by atoms with E-state index in [4.69, 9.17) is 23.2 Å². The zero-order valence-electron chi connectivity index (χ0n) is 11.2. The number of benzene rings is 1. The predicted octanol–water partition coefficient (Wildman–Crippen LogP) is 2.77. The minimum atomic E-state index is -0.645. The molecule has 21 heavy (non-hydrogen) atoms. The number of carbonyl (C=O) groups is 2. The van der Waals surface area contributed by atoms with Gasteiger partial charge in [0.25, 0.3) is 5.91 Å². The number of nitrogens with one attached hydrogen (secondary N) is 1. The van der Waals surface area contributed by atoms with Gasteiger partial charge in [0, 0.05) is 18.3 Å². The molecule has 1 N–H and O–H groups in total. The van der Waals surface area contributed by atoms with E-state index in [0.29, 0.717) is 5.02 Å². The van der Waals surface area contributed by atoms with Gasteiger partial charge in [-0.1, -0.05) is 23.2 Å². The molecule has 0 aliphatic heterocycles. The third kappa shape index (κ3) is 3.34. The zero-order valence-corrected chi connectivity index (χ0v) is 12.7. The molecule has 0 unspecified atom stereocenters. The van der Waals surface area contributed by atoms with Crippen LogP contribution in [0.5, 0.6) is 0 Å². The number of methoxy groups -OCH3 is 1. The van der Waals surface area contributed by atoms with E-state index < -0.39 is 11.9 Å². The van der Waals surface area contributed by atoms with Crippen molar-refractivity contribution in [2.75, 3.05) is 12.4 Å². The minimum absolute atomic E-state index is 0.0124. The summed E-state index contributed by atoms with van der Waals surface area (Å²) in [6.45, 7) is 0. The topological polar surface area (TPSA) is 73.2 Å². The van der Waals surface area contributed by atoms with Gasteiger partial charge in [-0.05, 0) is 18.2 Å². The van der Waals surface area contributed by atoms with E-state index in [2.05, 4.69) is 15.2 Å². The Morgan fingerprint density at radius 1 is 1.33 bits per heavy atom. The molecule has 0 aliphatic rings. The van der Waals surface area contributed by atoms with Crippen LogP contribution in [0.4, 0.5) is 5.69 Å². The van der Waals surface area contributed by atoms with Gasteiger partial charge in [-0.3, -0.25) is 9.48 Å². The van der Waals surface area contributed by atoms with Crippen LogP contribution in [0.3, 0.4) is 0 Å². The quantitative estimate of drug-likeness (QED) is 0.880. The fraction of sp³-hybridized carbons (Fsp3) is 0.154. The van der Waals surface area contributed by atoms with Crippen molar-refractivity contribution in [2.45, 2.75) is 0 Å². The van der Waals surface area contributed by atoms with Gasteiger partial charge in [0.1, 0.15) is 0 Å². The van der Waals surface area contributed by atoms with Crippen molar-refractivity contribution >= 4 is 40.8 Å². The molecule has 0 fully saturated rings. The van der Waals surface area contributed by atoms with Crippen molar-refractivity contribution in [3.8, 4) is 0 Å². The highest BCUT2D eigenvalue weighted by atomic mass is 35.5. The Hall–Kier alpha value is -2.05. The predicted molar refractivity (Wildman–Crippen MR) is 79.0 cm³/mol. The van der Waals surface area contributed by atoms with Crippen molar-refractivity contribution in [1.29, 1.82) is 0 Å². The summed E-state index contributed by atoms with van der Waals surface area (Å²) in [5, 5.41) is 7.15. The van der Waals surface area contributed by atoms with Gasteiger partial charge in [-0.25, -0.2) is 4.79 Å². The lowest BCUT2D eigenvalue weighted by Crippen LogP contribution is -2.15. The fourth-order valence-electron chi connectivity index (χ4n) is 1.69. The molecule has 1 aromatic carbocycles. The number of rotatable bonds is 3. The van der Waals surface area contributed by atoms with Gasteiger partial charge in [0.2, 0.25) is 0 Å². The SMILES string of the molecule is COC(=O)c1nn(C)cc1NC(=O)c1ccc(Cl)cc1Cl. The molecular weight excluding hydrogens is 317 g/mol. The Balaban J connectivity index is 2.29. The molecule has 0 radical (unpaired) electrons. The maximum Gasteiger partial charge on any atom is 0.360 e. The molecule has 6 nitrogen and oxygen atoms in total. The van der Waals surface area contributed by atoms with Crippen LogP contribution >= 0.6 is 23.2 Å². The van der Waals surface area contributed by atoms with Crippen LogP contribution in [0.2, 0.25) is 10.0 Å². The van der Waals surface area contributed by atoms with E-state index in [1.54, 1.807) is 13.1 Å². The van der Waals surface area contributed by atoms with E-state index >= 15 is 0 Å². The standard InChI is InChI=1S/C13H11Cl2N3O3/c1-18-6-10(11(17-18)13(20)21-2)16-12(19)8-4-3-7(14)5-9(8)15/h3-6H,1-2H3,(H,16,19). The van der Waals surface area contributed by atoms with Crippen LogP contribution in [0.1, 0.15) is 20.8 Å². The summed E-state index contributed by atoms with van der Waals surface area (Å²) in [7, 11) is 2.86. The molecule has 0 saturated carbocycles. The van der Waals surface area contributed by atoms with Crippen LogP contribution in [0.15, 0.2) is 24.4 Å². The van der Waals surface area contributed by atoms with Crippen molar-refractivity contribution in [3.63, 3.8) is 0 Å². The highest BCUT2D eigenvalue weighted by Crippen LogP contribution is 2.23. The first-order chi connectivity index (χ1) is 9.92. The molecule has 1 aromatic heterocycles. The van der Waals surface area contributed by atoms with E-state index in [1.807, 2.05) is 0 Å². The first-order valence-corrected chi connectivity index (χ1v) is 6.56. The normalized spacial score (nSPS) is 10.3. The minimum Gasteiger partial charge on any atom is -0.464 e. The van der Waals surface area contributed by atoms with Crippen LogP contribution in [0, 0.1) is 0 Å². The average molecular weight is 328 g/mol. The number of nitrogens with zero attached hydrogens (tertiary/aromatic N) is 2. The molecular formula is C13H11Cl2N3O3. The molecule has 0 atom stereocenters. The summed E-state index contributed by atoms with van der Waals surface area (Å²) in [5.41, 5.74) is 0.486. The lowest BCUT2D eigenvalue weighted by atomic mass is 10.2. The third-order valence-electron chi connectivity index (χ3n) is 2.63. The van der Waals surface area contributed by atoms with Gasteiger partial charge in [0.05, 0.1) is 23.4 Å². The molecule has 0 aliphatic carbocycles. The van der Waals surface area contributed by atoms with Crippen molar-refractivity contribution < 1.29 is 14.3 Å². The highest BCUT2D eigenvalue weighted by molar-refractivity contribution is 6.37. The summed E-state index contributed by atoms with van der Waals surface area (Å²) < 4.78 is 6.00. The number of carbonyl (C=O) groups excluding carboxylic acids is 2. The van der Waals surface area contributed by atoms with E-state index in [-0.39, 0.29) is 22.0 Å². The van der Waals surface area contributed by atoms with Crippen LogP contribution in [-0.4, -0.2) is 28.8 Å². The monoisotopic (exact) mass is 327 g/mol. The largest absolute Gasteiger partial charge is 0.464 e. The second-order valence-corrected chi connectivity index (χ2v) is 4.98. The lowest BCUT2D eigenvalue weighted by Gasteiger charge is -2.06. The fourth-order valence-corrected chi connectivity index (χ4v) is 2.18. The average Bonchev–Trinajstić information content (AvgIpc) is 2.78. The molecule has 1 amide bonds. The summed E-state index contributed by atoms with van der Waals surface area (Å²) in [4.78, 5) is 23.8. The van der Waals surface area contributed by atoms with Gasteiger partial charge >= 0.3 is 5.97 Å². The molecule has 8 heteroatoms. The number of esters is 1. The van der Waals surface area contributed by atoms with E-state index in [0.717, 1.165) is 0 Å². The summed E-state index contributed by atoms with van der Waals surface area (Å²) in [6, 6.07) is 4.50. The number of aryl methyl sites for hydroxylation is 1. The number of anilines is 1. The molecule has 0 bridgehead atoms. The van der Waals surface area contributed by atoms with Crippen molar-refractivity contribution in [1.82, 2.24) is 9.78 Å². The lowest BCUT2D eigenvalue weighted by molar-refractivity contribution is 0.0594. The van der Waals surface area contributed by atoms with Crippen LogP contribution in [0.25, 0.3) is 0 Å². The first kappa shape index (κ1) is 15.3. The molecule has 2 rings (SSSR count). The van der Waals surface area contributed by atoms with Gasteiger partial charge in [-0.2, -0.15) is 5.10 Å². The Bertz CT molecular complexity index is 713. The van der Waals surface area contributed by atoms with Gasteiger partial charge in [-0.15, -0.1) is 0 Å². The number of aromatic nitrogens is 2. The summed E-state index contributed by atoms with van der Waals surface area (Å²) in [6.07, 6.45) is 1.49. The maximum atomic E-state index is 12.2. The number of ether oxygens (including phenoxy) is 1. The van der Waals surface area contributed by atoms with Gasteiger partial charge < -0.3 is 10.1 Å². The molecule has 0 spiro atoms. The Morgan fingerprint density at radius 2 is 2.05 bits per heavy atom. The van der Waals surface area contributed by atoms with Crippen molar-refractivity contribution in [2.24, 2.45) is 7.05 Å². The van der Waals surface area contributed by atoms with Crippen LogP contribution < -0.4 is 5.32 Å². The van der Waals surface area contributed by atoms with Crippen molar-refractivity contribution in [3.05, 3.63) is 45.7 Å². The zero-order chi connectivity index (χ0) is 15.6. The number of amides is 1. The highest BCUT2D eigenvalue weighted by Gasteiger charge is 2.20. The second-order valence-electron chi connectivity index (χ2n) is 4.13. The molecule has 2 aromatic rings.